The van der Waals surface area contributed by atoms with E-state index in [1.807, 2.05) is 0 Å². The van der Waals surface area contributed by atoms with E-state index in [4.69, 9.17) is 10.8 Å². The Kier molecular flexibility index (Phi) is 3.51. The number of methoxy groups -OCH3 is 1. The standard InChI is InChI=1S/C10H13NO4/c1-15-10(14)8(5-11)7-3-2-6(12)4-9(7)13/h2-4,8,12-13H,5,11H2,1H3. The zero-order chi connectivity index (χ0) is 11.4. The van der Waals surface area contributed by atoms with Crippen molar-refractivity contribution in [2.24, 2.45) is 5.73 Å². The van der Waals surface area contributed by atoms with Crippen LogP contribution in [0.25, 0.3) is 0 Å². The predicted octanol–water partition coefficient (Wildman–Crippen LogP) is 0.313. The second kappa shape index (κ2) is 4.65. The summed E-state index contributed by atoms with van der Waals surface area (Å²) in [6.45, 7) is 0.0327. The van der Waals surface area contributed by atoms with Gasteiger partial charge in [-0.05, 0) is 6.07 Å². The van der Waals surface area contributed by atoms with Crippen molar-refractivity contribution in [3.63, 3.8) is 0 Å². The van der Waals surface area contributed by atoms with Gasteiger partial charge < -0.3 is 20.7 Å². The number of hydrogen-bond acceptors (Lipinski definition) is 5. The Bertz CT molecular complexity index is 364. The zero-order valence-corrected chi connectivity index (χ0v) is 8.30. The molecule has 5 nitrogen and oxygen atoms in total. The number of aromatic hydroxyl groups is 2. The highest BCUT2D eigenvalue weighted by atomic mass is 16.5. The predicted molar refractivity (Wildman–Crippen MR) is 53.6 cm³/mol. The molecule has 0 amide bonds. The number of esters is 1. The summed E-state index contributed by atoms with van der Waals surface area (Å²) in [5.74, 6) is -1.47. The van der Waals surface area contributed by atoms with Gasteiger partial charge in [-0.2, -0.15) is 0 Å². The SMILES string of the molecule is COC(=O)C(CN)c1ccc(O)cc1O. The van der Waals surface area contributed by atoms with Gasteiger partial charge in [-0.25, -0.2) is 0 Å². The van der Waals surface area contributed by atoms with Gasteiger partial charge in [0.05, 0.1) is 13.0 Å². The van der Waals surface area contributed by atoms with Gasteiger partial charge in [-0.1, -0.05) is 6.07 Å². The smallest absolute Gasteiger partial charge is 0.314 e. The van der Waals surface area contributed by atoms with Gasteiger partial charge in [0.25, 0.3) is 0 Å². The molecule has 0 radical (unpaired) electrons. The molecule has 0 heterocycles. The lowest BCUT2D eigenvalue weighted by Gasteiger charge is -2.14. The molecule has 0 saturated carbocycles. The van der Waals surface area contributed by atoms with Gasteiger partial charge in [-0.3, -0.25) is 4.79 Å². The number of carbonyl (C=O) groups excluding carboxylic acids is 1. The molecule has 0 saturated heterocycles. The minimum atomic E-state index is -0.712. The molecule has 1 aromatic carbocycles. The summed E-state index contributed by atoms with van der Waals surface area (Å²) in [7, 11) is 1.25. The Labute approximate surface area is 87.1 Å². The molecule has 0 bridgehead atoms. The van der Waals surface area contributed by atoms with E-state index < -0.39 is 11.9 Å². The van der Waals surface area contributed by atoms with Crippen molar-refractivity contribution in [2.75, 3.05) is 13.7 Å². The Hall–Kier alpha value is -1.75. The summed E-state index contributed by atoms with van der Waals surface area (Å²) in [5, 5.41) is 18.6. The minimum absolute atomic E-state index is 0.0327. The number of nitrogens with two attached hydrogens (primary N) is 1. The lowest BCUT2D eigenvalue weighted by atomic mass is 9.98. The first kappa shape index (κ1) is 11.3. The van der Waals surface area contributed by atoms with E-state index in [2.05, 4.69) is 4.74 Å². The number of benzene rings is 1. The number of ether oxygens (including phenoxy) is 1. The van der Waals surface area contributed by atoms with Crippen molar-refractivity contribution in [1.82, 2.24) is 0 Å². The Balaban J connectivity index is 3.07. The van der Waals surface area contributed by atoms with Gasteiger partial charge in [0.2, 0.25) is 0 Å². The summed E-state index contributed by atoms with van der Waals surface area (Å²) in [4.78, 5) is 11.3. The van der Waals surface area contributed by atoms with Crippen molar-refractivity contribution in [3.8, 4) is 11.5 Å². The normalized spacial score (nSPS) is 12.1. The van der Waals surface area contributed by atoms with E-state index in [1.165, 1.54) is 19.2 Å². The number of hydrogen-bond donors (Lipinski definition) is 3. The Morgan fingerprint density at radius 3 is 2.67 bits per heavy atom. The summed E-state index contributed by atoms with van der Waals surface area (Å²) < 4.78 is 4.55. The van der Waals surface area contributed by atoms with Crippen molar-refractivity contribution >= 4 is 5.97 Å². The number of rotatable bonds is 3. The van der Waals surface area contributed by atoms with Crippen LogP contribution in [0.2, 0.25) is 0 Å². The molecule has 1 rings (SSSR count). The van der Waals surface area contributed by atoms with Crippen molar-refractivity contribution in [2.45, 2.75) is 5.92 Å². The first-order chi connectivity index (χ1) is 7.10. The van der Waals surface area contributed by atoms with E-state index in [0.717, 1.165) is 6.07 Å². The van der Waals surface area contributed by atoms with E-state index in [-0.39, 0.29) is 18.0 Å². The molecular weight excluding hydrogens is 198 g/mol. The zero-order valence-electron chi connectivity index (χ0n) is 8.30. The number of carbonyl (C=O) groups is 1. The van der Waals surface area contributed by atoms with Gasteiger partial charge in [0.15, 0.2) is 0 Å². The van der Waals surface area contributed by atoms with Crippen molar-refractivity contribution in [1.29, 1.82) is 0 Å². The maximum absolute atomic E-state index is 11.3. The average molecular weight is 211 g/mol. The molecular formula is C10H13NO4. The molecule has 5 heteroatoms. The molecule has 82 valence electrons. The first-order valence-corrected chi connectivity index (χ1v) is 4.40. The third-order valence-electron chi connectivity index (χ3n) is 2.11. The summed E-state index contributed by atoms with van der Waals surface area (Å²) in [6, 6.07) is 3.97. The van der Waals surface area contributed by atoms with Crippen LogP contribution < -0.4 is 5.73 Å². The summed E-state index contributed by atoms with van der Waals surface area (Å²) >= 11 is 0. The van der Waals surface area contributed by atoms with Crippen LogP contribution in [0.15, 0.2) is 18.2 Å². The molecule has 0 fully saturated rings. The second-order valence-electron chi connectivity index (χ2n) is 3.05. The molecule has 1 atom stereocenters. The number of phenolic OH excluding ortho intramolecular Hbond substituents is 2. The van der Waals surface area contributed by atoms with Crippen LogP contribution in [-0.4, -0.2) is 29.8 Å². The van der Waals surface area contributed by atoms with Crippen LogP contribution in [0.4, 0.5) is 0 Å². The molecule has 0 aromatic heterocycles. The fraction of sp³-hybridized carbons (Fsp3) is 0.300. The highest BCUT2D eigenvalue weighted by Gasteiger charge is 2.22. The summed E-state index contributed by atoms with van der Waals surface area (Å²) in [6.07, 6.45) is 0. The highest BCUT2D eigenvalue weighted by Crippen LogP contribution is 2.29. The Morgan fingerprint density at radius 1 is 1.53 bits per heavy atom. The molecule has 1 unspecified atom stereocenters. The van der Waals surface area contributed by atoms with E-state index in [0.29, 0.717) is 5.56 Å². The maximum Gasteiger partial charge on any atom is 0.314 e. The largest absolute Gasteiger partial charge is 0.508 e. The third-order valence-corrected chi connectivity index (χ3v) is 2.11. The lowest BCUT2D eigenvalue weighted by molar-refractivity contribution is -0.142. The van der Waals surface area contributed by atoms with Crippen molar-refractivity contribution < 1.29 is 19.7 Å². The maximum atomic E-state index is 11.3. The van der Waals surface area contributed by atoms with E-state index >= 15 is 0 Å². The quantitative estimate of drug-likeness (QED) is 0.626. The molecule has 15 heavy (non-hydrogen) atoms. The van der Waals surface area contributed by atoms with Crippen LogP contribution in [0.1, 0.15) is 11.5 Å². The fourth-order valence-electron chi connectivity index (χ4n) is 1.32. The van der Waals surface area contributed by atoms with Crippen molar-refractivity contribution in [3.05, 3.63) is 23.8 Å². The van der Waals surface area contributed by atoms with Gasteiger partial charge in [-0.15, -0.1) is 0 Å². The molecule has 4 N–H and O–H groups in total. The average Bonchev–Trinajstić information content (AvgIpc) is 2.21. The van der Waals surface area contributed by atoms with Crippen LogP contribution >= 0.6 is 0 Å². The minimum Gasteiger partial charge on any atom is -0.508 e. The molecule has 1 aromatic rings. The van der Waals surface area contributed by atoms with Gasteiger partial charge >= 0.3 is 5.97 Å². The molecule has 0 aliphatic carbocycles. The molecule has 0 spiro atoms. The monoisotopic (exact) mass is 211 g/mol. The van der Waals surface area contributed by atoms with E-state index in [9.17, 15) is 9.90 Å². The first-order valence-electron chi connectivity index (χ1n) is 4.40. The van der Waals surface area contributed by atoms with Crippen LogP contribution in [0.5, 0.6) is 11.5 Å². The number of phenols is 2. The van der Waals surface area contributed by atoms with E-state index in [1.54, 1.807) is 0 Å². The Morgan fingerprint density at radius 2 is 2.20 bits per heavy atom. The highest BCUT2D eigenvalue weighted by molar-refractivity contribution is 5.79. The molecule has 0 aliphatic rings. The van der Waals surface area contributed by atoms with Crippen LogP contribution in [0, 0.1) is 0 Å². The van der Waals surface area contributed by atoms with Crippen LogP contribution in [0.3, 0.4) is 0 Å². The lowest BCUT2D eigenvalue weighted by Crippen LogP contribution is -2.22. The molecule has 0 aliphatic heterocycles. The third kappa shape index (κ3) is 2.38. The van der Waals surface area contributed by atoms with Crippen LogP contribution in [-0.2, 0) is 9.53 Å². The van der Waals surface area contributed by atoms with Gasteiger partial charge in [0, 0.05) is 18.2 Å². The fourth-order valence-corrected chi connectivity index (χ4v) is 1.32. The van der Waals surface area contributed by atoms with Gasteiger partial charge in [0.1, 0.15) is 11.5 Å². The second-order valence-corrected chi connectivity index (χ2v) is 3.05. The topological polar surface area (TPSA) is 92.8 Å². The summed E-state index contributed by atoms with van der Waals surface area (Å²) in [5.41, 5.74) is 5.76.